The summed E-state index contributed by atoms with van der Waals surface area (Å²) in [5.74, 6) is 0.266. The Kier molecular flexibility index (Phi) is 6.84. The van der Waals surface area contributed by atoms with E-state index >= 15 is 0 Å². The zero-order valence-electron chi connectivity index (χ0n) is 16.7. The molecule has 0 radical (unpaired) electrons. The Balaban J connectivity index is 1.77. The minimum atomic E-state index is -0.506. The summed E-state index contributed by atoms with van der Waals surface area (Å²) >= 11 is 6.63. The van der Waals surface area contributed by atoms with Crippen LogP contribution in [0.25, 0.3) is 6.08 Å². The maximum atomic E-state index is 12.7. The quantitative estimate of drug-likeness (QED) is 0.438. The van der Waals surface area contributed by atoms with Gasteiger partial charge in [0.1, 0.15) is 0 Å². The average Bonchev–Trinajstić information content (AvgIpc) is 2.96. The Morgan fingerprint density at radius 1 is 1.13 bits per heavy atom. The number of nitrogens with zero attached hydrogens (tertiary/aromatic N) is 1. The number of hydrogen-bond donors (Lipinski definition) is 0. The summed E-state index contributed by atoms with van der Waals surface area (Å²) in [6.07, 6.45) is 1.58. The molecule has 0 aromatic heterocycles. The number of Topliss-reactive ketones (excluding diaryl/α,β-unsaturated/α-hetero) is 1. The molecule has 6 nitrogen and oxygen atoms in total. The normalized spacial score (nSPS) is 15.2. The van der Waals surface area contributed by atoms with Gasteiger partial charge >= 0.3 is 0 Å². The van der Waals surface area contributed by atoms with Crippen LogP contribution in [0.1, 0.15) is 29.8 Å². The van der Waals surface area contributed by atoms with Crippen molar-refractivity contribution in [3.05, 3.63) is 63.5 Å². The fourth-order valence-corrected chi connectivity index (χ4v) is 3.75. The molecule has 0 bridgehead atoms. The van der Waals surface area contributed by atoms with Gasteiger partial charge in [-0.15, -0.1) is 0 Å². The van der Waals surface area contributed by atoms with Crippen LogP contribution in [0.15, 0.2) is 47.4 Å². The van der Waals surface area contributed by atoms with Gasteiger partial charge in [-0.2, -0.15) is 0 Å². The SMILES string of the molecule is COc1cc(/C=C2\SC(=O)N(CC(=O)c3ccc(Cl)cc3)C2=O)ccc1OC(C)C. The molecule has 3 rings (SSSR count). The fourth-order valence-electron chi connectivity index (χ4n) is 2.78. The Labute approximate surface area is 183 Å². The molecule has 30 heavy (non-hydrogen) atoms. The molecule has 2 aromatic rings. The van der Waals surface area contributed by atoms with Crippen LogP contribution in [0.3, 0.4) is 0 Å². The second kappa shape index (κ2) is 9.36. The molecule has 1 aliphatic heterocycles. The largest absolute Gasteiger partial charge is 0.493 e. The molecule has 2 amide bonds. The smallest absolute Gasteiger partial charge is 0.293 e. The van der Waals surface area contributed by atoms with Crippen molar-refractivity contribution in [1.29, 1.82) is 0 Å². The average molecular weight is 446 g/mol. The lowest BCUT2D eigenvalue weighted by Gasteiger charge is -2.14. The third kappa shape index (κ3) is 5.04. The number of thioether (sulfide) groups is 1. The van der Waals surface area contributed by atoms with Crippen molar-refractivity contribution in [1.82, 2.24) is 4.90 Å². The summed E-state index contributed by atoms with van der Waals surface area (Å²) in [5.41, 5.74) is 1.06. The minimum absolute atomic E-state index is 0.0144. The molecule has 1 saturated heterocycles. The lowest BCUT2D eigenvalue weighted by atomic mass is 10.1. The number of ketones is 1. The molecule has 0 unspecified atom stereocenters. The molecule has 0 atom stereocenters. The van der Waals surface area contributed by atoms with Gasteiger partial charge in [0.15, 0.2) is 17.3 Å². The highest BCUT2D eigenvalue weighted by Gasteiger charge is 2.36. The van der Waals surface area contributed by atoms with E-state index in [1.54, 1.807) is 48.5 Å². The van der Waals surface area contributed by atoms with Gasteiger partial charge in [-0.1, -0.05) is 17.7 Å². The molecule has 0 saturated carbocycles. The first-order chi connectivity index (χ1) is 14.3. The van der Waals surface area contributed by atoms with Crippen LogP contribution in [0.5, 0.6) is 11.5 Å². The van der Waals surface area contributed by atoms with E-state index in [1.165, 1.54) is 7.11 Å². The number of hydrogen-bond acceptors (Lipinski definition) is 6. The van der Waals surface area contributed by atoms with E-state index < -0.39 is 11.1 Å². The second-order valence-corrected chi connectivity index (χ2v) is 8.20. The Morgan fingerprint density at radius 3 is 2.47 bits per heavy atom. The van der Waals surface area contributed by atoms with Crippen molar-refractivity contribution in [2.75, 3.05) is 13.7 Å². The number of imide groups is 1. The number of carbonyl (C=O) groups excluding carboxylic acids is 3. The monoisotopic (exact) mass is 445 g/mol. The van der Waals surface area contributed by atoms with E-state index in [0.717, 1.165) is 16.7 Å². The van der Waals surface area contributed by atoms with Crippen molar-refractivity contribution in [3.8, 4) is 11.5 Å². The molecular weight excluding hydrogens is 426 g/mol. The van der Waals surface area contributed by atoms with Crippen LogP contribution < -0.4 is 9.47 Å². The van der Waals surface area contributed by atoms with Gasteiger partial charge in [0.2, 0.25) is 0 Å². The predicted molar refractivity (Wildman–Crippen MR) is 117 cm³/mol. The first-order valence-electron chi connectivity index (χ1n) is 9.17. The fraction of sp³-hybridized carbons (Fsp3) is 0.227. The van der Waals surface area contributed by atoms with Crippen LogP contribution in [-0.2, 0) is 4.79 Å². The van der Waals surface area contributed by atoms with Gasteiger partial charge in [0, 0.05) is 10.6 Å². The Bertz CT molecular complexity index is 1020. The van der Waals surface area contributed by atoms with E-state index in [0.29, 0.717) is 27.6 Å². The Hall–Kier alpha value is -2.77. The molecule has 0 aliphatic carbocycles. The molecule has 156 valence electrons. The topological polar surface area (TPSA) is 72.9 Å². The van der Waals surface area contributed by atoms with Crippen LogP contribution in [0.2, 0.25) is 5.02 Å². The number of halogens is 1. The summed E-state index contributed by atoms with van der Waals surface area (Å²) < 4.78 is 11.0. The number of methoxy groups -OCH3 is 1. The highest BCUT2D eigenvalue weighted by atomic mass is 35.5. The molecule has 2 aromatic carbocycles. The second-order valence-electron chi connectivity index (χ2n) is 6.77. The maximum absolute atomic E-state index is 12.7. The number of benzene rings is 2. The standard InChI is InChI=1S/C22H20ClNO5S/c1-13(2)29-18-9-4-14(10-19(18)28-3)11-20-21(26)24(22(27)30-20)12-17(25)15-5-7-16(23)8-6-15/h4-11,13H,12H2,1-3H3/b20-11-. The van der Waals surface area contributed by atoms with E-state index in [-0.39, 0.29) is 23.3 Å². The summed E-state index contributed by atoms with van der Waals surface area (Å²) in [4.78, 5) is 38.6. The highest BCUT2D eigenvalue weighted by Crippen LogP contribution is 2.35. The van der Waals surface area contributed by atoms with Crippen molar-refractivity contribution >= 4 is 46.4 Å². The van der Waals surface area contributed by atoms with Crippen molar-refractivity contribution in [3.63, 3.8) is 0 Å². The molecule has 0 spiro atoms. The number of amides is 2. The van der Waals surface area contributed by atoms with E-state index in [1.807, 2.05) is 13.8 Å². The number of carbonyl (C=O) groups is 3. The van der Waals surface area contributed by atoms with Gasteiger partial charge in [0.05, 0.1) is 24.7 Å². The molecule has 1 heterocycles. The minimum Gasteiger partial charge on any atom is -0.493 e. The van der Waals surface area contributed by atoms with Gasteiger partial charge < -0.3 is 9.47 Å². The first kappa shape index (κ1) is 21.9. The lowest BCUT2D eigenvalue weighted by Crippen LogP contribution is -2.33. The van der Waals surface area contributed by atoms with E-state index in [2.05, 4.69) is 0 Å². The summed E-state index contributed by atoms with van der Waals surface area (Å²) in [7, 11) is 1.53. The Morgan fingerprint density at radius 2 is 1.83 bits per heavy atom. The third-order valence-corrected chi connectivity index (χ3v) is 5.35. The van der Waals surface area contributed by atoms with Crippen LogP contribution in [0.4, 0.5) is 4.79 Å². The zero-order valence-corrected chi connectivity index (χ0v) is 18.3. The molecule has 8 heteroatoms. The number of rotatable bonds is 7. The van der Waals surface area contributed by atoms with Gasteiger partial charge in [0.25, 0.3) is 11.1 Å². The number of ether oxygens (including phenoxy) is 2. The van der Waals surface area contributed by atoms with E-state index in [4.69, 9.17) is 21.1 Å². The summed E-state index contributed by atoms with van der Waals surface area (Å²) in [6.45, 7) is 3.50. The van der Waals surface area contributed by atoms with Gasteiger partial charge in [-0.3, -0.25) is 19.3 Å². The molecule has 0 N–H and O–H groups in total. The lowest BCUT2D eigenvalue weighted by molar-refractivity contribution is -0.122. The van der Waals surface area contributed by atoms with Crippen LogP contribution in [-0.4, -0.2) is 41.6 Å². The molecule has 1 fully saturated rings. The van der Waals surface area contributed by atoms with Gasteiger partial charge in [-0.05, 0) is 73.6 Å². The highest BCUT2D eigenvalue weighted by molar-refractivity contribution is 8.18. The molecule has 1 aliphatic rings. The van der Waals surface area contributed by atoms with Crippen LogP contribution >= 0.6 is 23.4 Å². The summed E-state index contributed by atoms with van der Waals surface area (Å²) in [5, 5.41) is 0.0150. The molecular formula is C22H20ClNO5S. The van der Waals surface area contributed by atoms with Crippen molar-refractivity contribution < 1.29 is 23.9 Å². The zero-order chi connectivity index (χ0) is 21.8. The predicted octanol–water partition coefficient (Wildman–Crippen LogP) is 5.06. The third-order valence-electron chi connectivity index (χ3n) is 4.19. The summed E-state index contributed by atoms with van der Waals surface area (Å²) in [6, 6.07) is 11.5. The van der Waals surface area contributed by atoms with Gasteiger partial charge in [-0.25, -0.2) is 0 Å². The maximum Gasteiger partial charge on any atom is 0.293 e. The van der Waals surface area contributed by atoms with Crippen molar-refractivity contribution in [2.24, 2.45) is 0 Å². The van der Waals surface area contributed by atoms with E-state index in [9.17, 15) is 14.4 Å². The van der Waals surface area contributed by atoms with Crippen LogP contribution in [0, 0.1) is 0 Å². The van der Waals surface area contributed by atoms with Crippen molar-refractivity contribution in [2.45, 2.75) is 20.0 Å². The first-order valence-corrected chi connectivity index (χ1v) is 10.4.